The summed E-state index contributed by atoms with van der Waals surface area (Å²) in [5.41, 5.74) is 0.454. The van der Waals surface area contributed by atoms with E-state index in [1.54, 1.807) is 4.90 Å². The van der Waals surface area contributed by atoms with Gasteiger partial charge in [-0.05, 0) is 69.9 Å². The molecule has 1 aromatic rings. The molecular weight excluding hydrogens is 387 g/mol. The van der Waals surface area contributed by atoms with Crippen LogP contribution in [0.15, 0.2) is 18.2 Å². The molecule has 162 valence electrons. The molecule has 30 heavy (non-hydrogen) atoms. The van der Waals surface area contributed by atoms with Crippen LogP contribution in [0.2, 0.25) is 0 Å². The van der Waals surface area contributed by atoms with Crippen LogP contribution in [-0.4, -0.2) is 72.8 Å². The molecule has 8 heteroatoms. The lowest BCUT2D eigenvalue weighted by Crippen LogP contribution is -2.48. The van der Waals surface area contributed by atoms with Gasteiger partial charge in [0.25, 0.3) is 5.91 Å². The molecule has 3 aliphatic rings. The van der Waals surface area contributed by atoms with Gasteiger partial charge in [0.15, 0.2) is 0 Å². The van der Waals surface area contributed by atoms with Gasteiger partial charge in [-0.2, -0.15) is 0 Å². The van der Waals surface area contributed by atoms with Crippen LogP contribution in [-0.2, 0) is 9.59 Å². The number of amides is 3. The molecule has 3 aliphatic heterocycles. The van der Waals surface area contributed by atoms with Gasteiger partial charge >= 0.3 is 0 Å². The Labute approximate surface area is 176 Å². The highest BCUT2D eigenvalue weighted by Gasteiger charge is 2.42. The zero-order chi connectivity index (χ0) is 21.1. The average molecular weight is 416 g/mol. The van der Waals surface area contributed by atoms with Crippen LogP contribution in [0.1, 0.15) is 48.9 Å². The van der Waals surface area contributed by atoms with Gasteiger partial charge in [0.2, 0.25) is 11.8 Å². The first kappa shape index (κ1) is 20.8. The highest BCUT2D eigenvalue weighted by Crippen LogP contribution is 2.32. The van der Waals surface area contributed by atoms with Gasteiger partial charge < -0.3 is 20.0 Å². The summed E-state index contributed by atoms with van der Waals surface area (Å²) in [6.07, 6.45) is 5.91. The zero-order valence-electron chi connectivity index (χ0n) is 17.2. The molecule has 2 fully saturated rings. The highest BCUT2D eigenvalue weighted by atomic mass is 19.1. The standard InChI is InChI=1S/C22H29FN4O3/c23-16-7-8-17-19(14-16)27(22(30)18-6-4-13-26(18)21(17)29)15-20(28)24-9-5-12-25-10-2-1-3-11-25/h7-8,14,18H,1-6,9-13,15H2,(H,24,28)/t18-/m0/s1. The molecule has 0 aromatic heterocycles. The molecule has 4 rings (SSSR count). The van der Waals surface area contributed by atoms with Crippen molar-refractivity contribution in [2.75, 3.05) is 44.2 Å². The minimum Gasteiger partial charge on any atom is -0.355 e. The summed E-state index contributed by atoms with van der Waals surface area (Å²) in [4.78, 5) is 43.9. The summed E-state index contributed by atoms with van der Waals surface area (Å²) in [5.74, 6) is -1.42. The maximum atomic E-state index is 13.9. The molecule has 0 aliphatic carbocycles. The number of rotatable bonds is 6. The molecule has 0 spiro atoms. The van der Waals surface area contributed by atoms with Crippen LogP contribution in [0, 0.1) is 5.82 Å². The molecule has 0 unspecified atom stereocenters. The fourth-order valence-corrected chi connectivity index (χ4v) is 4.70. The van der Waals surface area contributed by atoms with E-state index in [9.17, 15) is 18.8 Å². The van der Waals surface area contributed by atoms with E-state index in [2.05, 4.69) is 10.2 Å². The number of anilines is 1. The van der Waals surface area contributed by atoms with E-state index < -0.39 is 11.9 Å². The fourth-order valence-electron chi connectivity index (χ4n) is 4.70. The van der Waals surface area contributed by atoms with E-state index in [1.165, 1.54) is 42.4 Å². The van der Waals surface area contributed by atoms with Gasteiger partial charge in [-0.1, -0.05) is 6.42 Å². The van der Waals surface area contributed by atoms with Crippen LogP contribution in [0.5, 0.6) is 0 Å². The maximum Gasteiger partial charge on any atom is 0.256 e. The minimum absolute atomic E-state index is 0.183. The van der Waals surface area contributed by atoms with Crippen molar-refractivity contribution in [2.24, 2.45) is 0 Å². The smallest absolute Gasteiger partial charge is 0.256 e. The first-order valence-electron chi connectivity index (χ1n) is 11.0. The Hall–Kier alpha value is -2.48. The Balaban J connectivity index is 1.42. The van der Waals surface area contributed by atoms with Gasteiger partial charge in [-0.25, -0.2) is 4.39 Å². The van der Waals surface area contributed by atoms with Crippen molar-refractivity contribution in [1.82, 2.24) is 15.1 Å². The molecule has 2 saturated heterocycles. The van der Waals surface area contributed by atoms with Gasteiger partial charge in [-0.15, -0.1) is 0 Å². The second-order valence-electron chi connectivity index (χ2n) is 8.35. The van der Waals surface area contributed by atoms with E-state index in [-0.39, 0.29) is 35.5 Å². The number of halogens is 1. The van der Waals surface area contributed by atoms with Gasteiger partial charge in [-0.3, -0.25) is 14.4 Å². The van der Waals surface area contributed by atoms with Crippen molar-refractivity contribution in [1.29, 1.82) is 0 Å². The SMILES string of the molecule is O=C(CN1C(=O)[C@@H]2CCCN2C(=O)c2ccc(F)cc21)NCCCN1CCCCC1. The predicted octanol–water partition coefficient (Wildman–Crippen LogP) is 1.77. The lowest BCUT2D eigenvalue weighted by atomic mass is 10.1. The number of fused-ring (bicyclic) bond motifs is 2. The number of nitrogens with zero attached hydrogens (tertiary/aromatic N) is 3. The monoisotopic (exact) mass is 416 g/mol. The Bertz CT molecular complexity index is 825. The predicted molar refractivity (Wildman–Crippen MR) is 111 cm³/mol. The van der Waals surface area contributed by atoms with E-state index >= 15 is 0 Å². The fraction of sp³-hybridized carbons (Fsp3) is 0.591. The molecule has 3 amide bonds. The van der Waals surface area contributed by atoms with Crippen molar-refractivity contribution in [3.63, 3.8) is 0 Å². The summed E-state index contributed by atoms with van der Waals surface area (Å²) >= 11 is 0. The van der Waals surface area contributed by atoms with Crippen molar-refractivity contribution < 1.29 is 18.8 Å². The summed E-state index contributed by atoms with van der Waals surface area (Å²) < 4.78 is 13.9. The molecule has 0 radical (unpaired) electrons. The third kappa shape index (κ3) is 4.33. The van der Waals surface area contributed by atoms with Crippen molar-refractivity contribution in [3.8, 4) is 0 Å². The Morgan fingerprint density at radius 1 is 1.10 bits per heavy atom. The summed E-state index contributed by atoms with van der Waals surface area (Å²) in [7, 11) is 0. The Kier molecular flexibility index (Phi) is 6.32. The van der Waals surface area contributed by atoms with Crippen LogP contribution in [0.3, 0.4) is 0 Å². The largest absolute Gasteiger partial charge is 0.355 e. The van der Waals surface area contributed by atoms with E-state index in [0.717, 1.165) is 32.5 Å². The van der Waals surface area contributed by atoms with E-state index in [1.807, 2.05) is 0 Å². The van der Waals surface area contributed by atoms with Crippen molar-refractivity contribution >= 4 is 23.4 Å². The van der Waals surface area contributed by atoms with Gasteiger partial charge in [0.1, 0.15) is 18.4 Å². The number of carbonyl (C=O) groups is 3. The molecular formula is C22H29FN4O3. The summed E-state index contributed by atoms with van der Waals surface area (Å²) in [5, 5.41) is 2.88. The lowest BCUT2D eigenvalue weighted by Gasteiger charge is -2.27. The number of hydrogen-bond acceptors (Lipinski definition) is 4. The Morgan fingerprint density at radius 2 is 1.90 bits per heavy atom. The van der Waals surface area contributed by atoms with E-state index in [0.29, 0.717) is 19.5 Å². The van der Waals surface area contributed by atoms with Crippen LogP contribution >= 0.6 is 0 Å². The lowest BCUT2D eigenvalue weighted by molar-refractivity contribution is -0.125. The number of carbonyl (C=O) groups excluding carboxylic acids is 3. The number of hydrogen-bond donors (Lipinski definition) is 1. The molecule has 1 atom stereocenters. The molecule has 3 heterocycles. The molecule has 0 bridgehead atoms. The Morgan fingerprint density at radius 3 is 2.70 bits per heavy atom. The van der Waals surface area contributed by atoms with Gasteiger partial charge in [0, 0.05) is 13.1 Å². The third-order valence-electron chi connectivity index (χ3n) is 6.27. The molecule has 7 nitrogen and oxygen atoms in total. The second-order valence-corrected chi connectivity index (χ2v) is 8.35. The van der Waals surface area contributed by atoms with Crippen molar-refractivity contribution in [2.45, 2.75) is 44.6 Å². The number of piperidine rings is 1. The third-order valence-corrected chi connectivity index (χ3v) is 6.27. The summed E-state index contributed by atoms with van der Waals surface area (Å²) in [6, 6.07) is 3.22. The zero-order valence-corrected chi connectivity index (χ0v) is 17.2. The molecule has 1 aromatic carbocycles. The normalized spacial score (nSPS) is 22.0. The average Bonchev–Trinajstić information content (AvgIpc) is 3.22. The van der Waals surface area contributed by atoms with Crippen LogP contribution in [0.25, 0.3) is 0 Å². The quantitative estimate of drug-likeness (QED) is 0.718. The van der Waals surface area contributed by atoms with Crippen molar-refractivity contribution in [3.05, 3.63) is 29.6 Å². The number of benzene rings is 1. The highest BCUT2D eigenvalue weighted by molar-refractivity contribution is 6.12. The second kappa shape index (κ2) is 9.12. The first-order chi connectivity index (χ1) is 14.5. The topological polar surface area (TPSA) is 73.0 Å². The molecule has 0 saturated carbocycles. The molecule has 1 N–H and O–H groups in total. The van der Waals surface area contributed by atoms with E-state index in [4.69, 9.17) is 0 Å². The number of likely N-dealkylation sites (tertiary alicyclic amines) is 1. The van der Waals surface area contributed by atoms with Crippen LogP contribution < -0.4 is 10.2 Å². The van der Waals surface area contributed by atoms with Crippen LogP contribution in [0.4, 0.5) is 10.1 Å². The summed E-state index contributed by atoms with van der Waals surface area (Å²) in [6.45, 7) is 4.00. The maximum absolute atomic E-state index is 13.9. The minimum atomic E-state index is -0.583. The number of nitrogens with one attached hydrogen (secondary N) is 1. The first-order valence-corrected chi connectivity index (χ1v) is 11.0. The van der Waals surface area contributed by atoms with Gasteiger partial charge in [0.05, 0.1) is 11.3 Å².